The molecule has 0 saturated carbocycles. The summed E-state index contributed by atoms with van der Waals surface area (Å²) in [6.07, 6.45) is 2.37. The predicted molar refractivity (Wildman–Crippen MR) is 86.2 cm³/mol. The molecule has 1 saturated heterocycles. The van der Waals surface area contributed by atoms with Gasteiger partial charge in [0, 0.05) is 37.4 Å². The Morgan fingerprint density at radius 2 is 1.90 bits per heavy atom. The first-order valence-corrected chi connectivity index (χ1v) is 7.83. The van der Waals surface area contributed by atoms with Crippen LogP contribution in [-0.2, 0) is 4.74 Å². The van der Waals surface area contributed by atoms with Crippen LogP contribution in [0.5, 0.6) is 0 Å². The summed E-state index contributed by atoms with van der Waals surface area (Å²) >= 11 is 0. The van der Waals surface area contributed by atoms with E-state index in [-0.39, 0.29) is 0 Å². The maximum atomic E-state index is 10.7. The first kappa shape index (κ1) is 16.0. The molecule has 1 heterocycles. The molecule has 0 atom stereocenters. The second-order valence-corrected chi connectivity index (χ2v) is 5.81. The molecule has 0 amide bonds. The Balaban J connectivity index is 1.83. The second kappa shape index (κ2) is 8.15. The van der Waals surface area contributed by atoms with Crippen LogP contribution in [0.25, 0.3) is 0 Å². The van der Waals surface area contributed by atoms with E-state index >= 15 is 0 Å². The van der Waals surface area contributed by atoms with Crippen molar-refractivity contribution in [2.45, 2.75) is 26.4 Å². The van der Waals surface area contributed by atoms with Gasteiger partial charge in [-0.05, 0) is 51.1 Å². The van der Waals surface area contributed by atoms with E-state index in [9.17, 15) is 4.79 Å². The van der Waals surface area contributed by atoms with Crippen LogP contribution in [0.3, 0.4) is 0 Å². The van der Waals surface area contributed by atoms with Crippen LogP contribution in [0.1, 0.15) is 30.6 Å². The zero-order valence-corrected chi connectivity index (χ0v) is 13.1. The van der Waals surface area contributed by atoms with Gasteiger partial charge in [-0.15, -0.1) is 0 Å². The zero-order chi connectivity index (χ0) is 15.1. The SMILES string of the molecule is CC(C)OCCN1CCCN(c2ccc(C=O)cc2)CC1. The van der Waals surface area contributed by atoms with Gasteiger partial charge in [0.25, 0.3) is 0 Å². The maximum absolute atomic E-state index is 10.7. The molecule has 0 radical (unpaired) electrons. The molecule has 21 heavy (non-hydrogen) atoms. The molecule has 1 fully saturated rings. The Labute approximate surface area is 127 Å². The lowest BCUT2D eigenvalue weighted by Crippen LogP contribution is -2.33. The standard InChI is InChI=1S/C17H26N2O2/c1-15(2)21-13-12-18-8-3-9-19(11-10-18)17-6-4-16(14-20)5-7-17/h4-7,14-15H,3,8-13H2,1-2H3. The highest BCUT2D eigenvalue weighted by Gasteiger charge is 2.15. The smallest absolute Gasteiger partial charge is 0.150 e. The van der Waals surface area contributed by atoms with Gasteiger partial charge in [-0.2, -0.15) is 0 Å². The number of carbonyl (C=O) groups is 1. The average molecular weight is 290 g/mol. The first-order chi connectivity index (χ1) is 10.2. The van der Waals surface area contributed by atoms with Gasteiger partial charge < -0.3 is 9.64 Å². The van der Waals surface area contributed by atoms with Crippen LogP contribution in [-0.4, -0.2) is 56.6 Å². The quantitative estimate of drug-likeness (QED) is 0.753. The maximum Gasteiger partial charge on any atom is 0.150 e. The summed E-state index contributed by atoms with van der Waals surface area (Å²) in [6, 6.07) is 7.87. The fraction of sp³-hybridized carbons (Fsp3) is 0.588. The molecule has 4 nitrogen and oxygen atoms in total. The van der Waals surface area contributed by atoms with Crippen molar-refractivity contribution in [2.24, 2.45) is 0 Å². The molecule has 1 aromatic rings. The van der Waals surface area contributed by atoms with Crippen LogP contribution in [0.4, 0.5) is 5.69 Å². The van der Waals surface area contributed by atoms with E-state index in [4.69, 9.17) is 4.74 Å². The largest absolute Gasteiger partial charge is 0.377 e. The monoisotopic (exact) mass is 290 g/mol. The molecular weight excluding hydrogens is 264 g/mol. The van der Waals surface area contributed by atoms with E-state index in [1.165, 1.54) is 5.69 Å². The Morgan fingerprint density at radius 3 is 2.57 bits per heavy atom. The van der Waals surface area contributed by atoms with Crippen molar-refractivity contribution in [3.63, 3.8) is 0 Å². The minimum Gasteiger partial charge on any atom is -0.377 e. The molecule has 1 aromatic carbocycles. The minimum atomic E-state index is 0.310. The van der Waals surface area contributed by atoms with Gasteiger partial charge in [0.15, 0.2) is 0 Å². The highest BCUT2D eigenvalue weighted by atomic mass is 16.5. The second-order valence-electron chi connectivity index (χ2n) is 5.81. The van der Waals surface area contributed by atoms with Crippen LogP contribution in [0.15, 0.2) is 24.3 Å². The summed E-state index contributed by atoms with van der Waals surface area (Å²) < 4.78 is 5.63. The fourth-order valence-corrected chi connectivity index (χ4v) is 2.63. The molecule has 0 spiro atoms. The molecule has 1 aliphatic heterocycles. The van der Waals surface area contributed by atoms with Crippen LogP contribution >= 0.6 is 0 Å². The average Bonchev–Trinajstić information content (AvgIpc) is 2.73. The molecule has 4 heteroatoms. The van der Waals surface area contributed by atoms with Crippen molar-refractivity contribution in [1.82, 2.24) is 4.90 Å². The Kier molecular flexibility index (Phi) is 6.21. The highest BCUT2D eigenvalue weighted by Crippen LogP contribution is 2.17. The number of nitrogens with zero attached hydrogens (tertiary/aromatic N) is 2. The number of aldehydes is 1. The number of rotatable bonds is 6. The van der Waals surface area contributed by atoms with Crippen molar-refractivity contribution in [3.05, 3.63) is 29.8 Å². The molecule has 0 N–H and O–H groups in total. The number of ether oxygens (including phenoxy) is 1. The Hall–Kier alpha value is -1.39. The van der Waals surface area contributed by atoms with E-state index < -0.39 is 0 Å². The van der Waals surface area contributed by atoms with Crippen molar-refractivity contribution in [2.75, 3.05) is 44.2 Å². The number of hydrogen-bond donors (Lipinski definition) is 0. The molecule has 0 bridgehead atoms. The number of hydrogen-bond acceptors (Lipinski definition) is 4. The van der Waals surface area contributed by atoms with E-state index in [2.05, 4.69) is 23.6 Å². The predicted octanol–water partition coefficient (Wildman–Crippen LogP) is 2.44. The summed E-state index contributed by atoms with van der Waals surface area (Å²) in [5.41, 5.74) is 1.95. The number of anilines is 1. The molecular formula is C17H26N2O2. The molecule has 0 aliphatic carbocycles. The summed E-state index contributed by atoms with van der Waals surface area (Å²) in [5.74, 6) is 0. The van der Waals surface area contributed by atoms with Crippen LogP contribution in [0.2, 0.25) is 0 Å². The van der Waals surface area contributed by atoms with Gasteiger partial charge in [0.1, 0.15) is 6.29 Å². The topological polar surface area (TPSA) is 32.8 Å². The van der Waals surface area contributed by atoms with Crippen molar-refractivity contribution in [3.8, 4) is 0 Å². The van der Waals surface area contributed by atoms with Gasteiger partial charge in [0.2, 0.25) is 0 Å². The normalized spacial score (nSPS) is 17.0. The van der Waals surface area contributed by atoms with Crippen LogP contribution < -0.4 is 4.90 Å². The molecule has 116 valence electrons. The van der Waals surface area contributed by atoms with Crippen molar-refractivity contribution < 1.29 is 9.53 Å². The van der Waals surface area contributed by atoms with Gasteiger partial charge in [0.05, 0.1) is 12.7 Å². The minimum absolute atomic E-state index is 0.310. The Bertz CT molecular complexity index is 431. The van der Waals surface area contributed by atoms with Gasteiger partial charge in [-0.3, -0.25) is 9.69 Å². The molecule has 1 aliphatic rings. The lowest BCUT2D eigenvalue weighted by molar-refractivity contribution is 0.0604. The third-order valence-corrected chi connectivity index (χ3v) is 3.84. The van der Waals surface area contributed by atoms with E-state index in [0.29, 0.717) is 6.10 Å². The first-order valence-electron chi connectivity index (χ1n) is 7.83. The Morgan fingerprint density at radius 1 is 1.14 bits per heavy atom. The van der Waals surface area contributed by atoms with E-state index in [1.54, 1.807) is 0 Å². The summed E-state index contributed by atoms with van der Waals surface area (Å²) in [7, 11) is 0. The molecule has 2 rings (SSSR count). The van der Waals surface area contributed by atoms with Crippen molar-refractivity contribution >= 4 is 12.0 Å². The van der Waals surface area contributed by atoms with Gasteiger partial charge in [-0.1, -0.05) is 0 Å². The van der Waals surface area contributed by atoms with E-state index in [0.717, 1.165) is 57.6 Å². The highest BCUT2D eigenvalue weighted by molar-refractivity contribution is 5.75. The summed E-state index contributed by atoms with van der Waals surface area (Å²) in [4.78, 5) is 15.6. The fourth-order valence-electron chi connectivity index (χ4n) is 2.63. The van der Waals surface area contributed by atoms with E-state index in [1.807, 2.05) is 24.3 Å². The lowest BCUT2D eigenvalue weighted by Gasteiger charge is -2.24. The van der Waals surface area contributed by atoms with Gasteiger partial charge >= 0.3 is 0 Å². The van der Waals surface area contributed by atoms with Crippen molar-refractivity contribution in [1.29, 1.82) is 0 Å². The summed E-state index contributed by atoms with van der Waals surface area (Å²) in [6.45, 7) is 10.3. The third-order valence-electron chi connectivity index (χ3n) is 3.84. The zero-order valence-electron chi connectivity index (χ0n) is 13.1. The van der Waals surface area contributed by atoms with Crippen LogP contribution in [0, 0.1) is 0 Å². The third kappa shape index (κ3) is 5.14. The lowest BCUT2D eigenvalue weighted by atomic mass is 10.2. The number of benzene rings is 1. The summed E-state index contributed by atoms with van der Waals surface area (Å²) in [5, 5.41) is 0. The van der Waals surface area contributed by atoms with Gasteiger partial charge in [-0.25, -0.2) is 0 Å². The molecule has 0 unspecified atom stereocenters. The number of carbonyl (C=O) groups excluding carboxylic acids is 1. The molecule has 0 aromatic heterocycles.